The van der Waals surface area contributed by atoms with Crippen LogP contribution in [0.5, 0.6) is 5.75 Å². The minimum Gasteiger partial charge on any atom is -0.493 e. The first-order chi connectivity index (χ1) is 9.63. The summed E-state index contributed by atoms with van der Waals surface area (Å²) in [6.45, 7) is 4.66. The lowest BCUT2D eigenvalue weighted by Gasteiger charge is -2.18. The van der Waals surface area contributed by atoms with Crippen LogP contribution >= 0.6 is 11.6 Å². The fourth-order valence-corrected chi connectivity index (χ4v) is 2.30. The number of rotatable bonds is 5. The Balaban J connectivity index is 2.37. The predicted molar refractivity (Wildman–Crippen MR) is 82.5 cm³/mol. The lowest BCUT2D eigenvalue weighted by molar-refractivity contribution is 0.210. The van der Waals surface area contributed by atoms with Crippen LogP contribution in [0.2, 0.25) is 5.02 Å². The van der Waals surface area contributed by atoms with Gasteiger partial charge in [-0.25, -0.2) is 0 Å². The van der Waals surface area contributed by atoms with Crippen LogP contribution < -0.4 is 4.74 Å². The lowest BCUT2D eigenvalue weighted by atomic mass is 9.97. The smallest absolute Gasteiger partial charge is 0.125 e. The van der Waals surface area contributed by atoms with Gasteiger partial charge in [-0.1, -0.05) is 42.8 Å². The van der Waals surface area contributed by atoms with Gasteiger partial charge in [0.1, 0.15) is 11.9 Å². The van der Waals surface area contributed by atoms with E-state index in [9.17, 15) is 5.11 Å². The van der Waals surface area contributed by atoms with E-state index in [1.54, 1.807) is 6.07 Å². The van der Waals surface area contributed by atoms with Gasteiger partial charge in [-0.05, 0) is 42.7 Å². The van der Waals surface area contributed by atoms with Gasteiger partial charge in [-0.2, -0.15) is 0 Å². The van der Waals surface area contributed by atoms with Crippen molar-refractivity contribution in [3.05, 3.63) is 64.2 Å². The quantitative estimate of drug-likeness (QED) is 0.877. The van der Waals surface area contributed by atoms with E-state index in [0.29, 0.717) is 11.6 Å². The molecule has 0 radical (unpaired) electrons. The average Bonchev–Trinajstić information content (AvgIpc) is 2.47. The number of ether oxygens (including phenoxy) is 1. The van der Waals surface area contributed by atoms with Gasteiger partial charge < -0.3 is 9.84 Å². The predicted octanol–water partition coefficient (Wildman–Crippen LogP) is 4.52. The second-order valence-corrected chi connectivity index (χ2v) is 5.23. The molecule has 2 aromatic rings. The number of para-hydroxylation sites is 1. The van der Waals surface area contributed by atoms with Gasteiger partial charge in [-0.15, -0.1) is 0 Å². The molecule has 0 heterocycles. The van der Waals surface area contributed by atoms with Crippen molar-refractivity contribution < 1.29 is 9.84 Å². The van der Waals surface area contributed by atoms with E-state index in [0.717, 1.165) is 28.9 Å². The Hall–Kier alpha value is -1.51. The summed E-state index contributed by atoms with van der Waals surface area (Å²) in [7, 11) is 0. The van der Waals surface area contributed by atoms with E-state index in [4.69, 9.17) is 16.3 Å². The normalized spacial score (nSPS) is 12.2. The molecule has 1 atom stereocenters. The van der Waals surface area contributed by atoms with Crippen LogP contribution in [0.25, 0.3) is 0 Å². The fourth-order valence-electron chi connectivity index (χ4n) is 2.12. The van der Waals surface area contributed by atoms with Crippen LogP contribution in [-0.4, -0.2) is 11.7 Å². The molecule has 0 amide bonds. The molecule has 0 aliphatic heterocycles. The summed E-state index contributed by atoms with van der Waals surface area (Å²) in [4.78, 5) is 0. The van der Waals surface area contributed by atoms with Crippen molar-refractivity contribution in [1.82, 2.24) is 0 Å². The van der Waals surface area contributed by atoms with Crippen LogP contribution in [0.15, 0.2) is 42.5 Å². The topological polar surface area (TPSA) is 29.5 Å². The molecule has 0 saturated carbocycles. The number of hydrogen-bond acceptors (Lipinski definition) is 2. The van der Waals surface area contributed by atoms with E-state index in [1.165, 1.54) is 0 Å². The molecule has 0 fully saturated rings. The van der Waals surface area contributed by atoms with Crippen molar-refractivity contribution >= 4 is 11.6 Å². The highest BCUT2D eigenvalue weighted by Gasteiger charge is 2.17. The molecular weight excluding hydrogens is 272 g/mol. The van der Waals surface area contributed by atoms with Crippen molar-refractivity contribution in [1.29, 1.82) is 0 Å². The third kappa shape index (κ3) is 3.33. The first-order valence-electron chi connectivity index (χ1n) is 6.79. The van der Waals surface area contributed by atoms with Gasteiger partial charge in [0.15, 0.2) is 0 Å². The maximum Gasteiger partial charge on any atom is 0.125 e. The summed E-state index contributed by atoms with van der Waals surface area (Å²) < 4.78 is 5.71. The SMILES string of the molecule is CCCOc1ccccc1C(O)c1cc(Cl)ccc1C. The van der Waals surface area contributed by atoms with Crippen molar-refractivity contribution in [2.75, 3.05) is 6.61 Å². The summed E-state index contributed by atoms with van der Waals surface area (Å²) in [6.07, 6.45) is 0.197. The first kappa shape index (κ1) is 14.9. The molecule has 2 aromatic carbocycles. The molecule has 0 bridgehead atoms. The Morgan fingerprint density at radius 3 is 2.65 bits per heavy atom. The van der Waals surface area contributed by atoms with E-state index in [2.05, 4.69) is 6.92 Å². The highest BCUT2D eigenvalue weighted by Crippen LogP contribution is 2.32. The van der Waals surface area contributed by atoms with Crippen molar-refractivity contribution in [3.8, 4) is 5.75 Å². The van der Waals surface area contributed by atoms with Crippen molar-refractivity contribution in [3.63, 3.8) is 0 Å². The number of aliphatic hydroxyl groups is 1. The minimum absolute atomic E-state index is 0.622. The molecule has 0 aliphatic rings. The van der Waals surface area contributed by atoms with Crippen LogP contribution in [0, 0.1) is 6.92 Å². The zero-order valence-corrected chi connectivity index (χ0v) is 12.5. The number of benzene rings is 2. The first-order valence-corrected chi connectivity index (χ1v) is 7.17. The highest BCUT2D eigenvalue weighted by atomic mass is 35.5. The number of aliphatic hydroxyl groups excluding tert-OH is 1. The third-order valence-corrected chi connectivity index (χ3v) is 3.45. The Bertz CT molecular complexity index is 581. The van der Waals surface area contributed by atoms with Gasteiger partial charge in [-0.3, -0.25) is 0 Å². The standard InChI is InChI=1S/C17H19ClO2/c1-3-10-20-16-7-5-4-6-14(16)17(19)15-11-13(18)9-8-12(15)2/h4-9,11,17,19H,3,10H2,1-2H3. The Kier molecular flexibility index (Phi) is 5.05. The second kappa shape index (κ2) is 6.78. The Morgan fingerprint density at radius 2 is 1.90 bits per heavy atom. The minimum atomic E-state index is -0.734. The molecular formula is C17H19ClO2. The van der Waals surface area contributed by atoms with Gasteiger partial charge >= 0.3 is 0 Å². The number of halogens is 1. The van der Waals surface area contributed by atoms with Crippen LogP contribution in [0.3, 0.4) is 0 Å². The Morgan fingerprint density at radius 1 is 1.15 bits per heavy atom. The molecule has 0 saturated heterocycles. The molecule has 1 N–H and O–H groups in total. The fraction of sp³-hybridized carbons (Fsp3) is 0.294. The van der Waals surface area contributed by atoms with E-state index in [1.807, 2.05) is 43.3 Å². The van der Waals surface area contributed by atoms with Crippen LogP contribution in [0.4, 0.5) is 0 Å². The molecule has 3 heteroatoms. The summed E-state index contributed by atoms with van der Waals surface area (Å²) in [5.41, 5.74) is 2.59. The summed E-state index contributed by atoms with van der Waals surface area (Å²) in [6, 6.07) is 13.1. The van der Waals surface area contributed by atoms with Crippen LogP contribution in [-0.2, 0) is 0 Å². The molecule has 0 aliphatic carbocycles. The molecule has 0 aromatic heterocycles. The summed E-state index contributed by atoms with van der Waals surface area (Å²) in [5.74, 6) is 0.723. The molecule has 106 valence electrons. The van der Waals surface area contributed by atoms with Gasteiger partial charge in [0.2, 0.25) is 0 Å². The maximum atomic E-state index is 10.6. The average molecular weight is 291 g/mol. The highest BCUT2D eigenvalue weighted by molar-refractivity contribution is 6.30. The Labute approximate surface area is 125 Å². The largest absolute Gasteiger partial charge is 0.493 e. The van der Waals surface area contributed by atoms with E-state index < -0.39 is 6.10 Å². The van der Waals surface area contributed by atoms with Crippen molar-refractivity contribution in [2.45, 2.75) is 26.4 Å². The molecule has 2 rings (SSSR count). The van der Waals surface area contributed by atoms with E-state index in [-0.39, 0.29) is 0 Å². The summed E-state index contributed by atoms with van der Waals surface area (Å²) >= 11 is 6.03. The van der Waals surface area contributed by atoms with E-state index >= 15 is 0 Å². The monoisotopic (exact) mass is 290 g/mol. The summed E-state index contributed by atoms with van der Waals surface area (Å²) in [5, 5.41) is 11.3. The van der Waals surface area contributed by atoms with Gasteiger partial charge in [0, 0.05) is 10.6 Å². The second-order valence-electron chi connectivity index (χ2n) is 4.79. The van der Waals surface area contributed by atoms with Gasteiger partial charge in [0.25, 0.3) is 0 Å². The number of aryl methyl sites for hydroxylation is 1. The lowest BCUT2D eigenvalue weighted by Crippen LogP contribution is -2.06. The third-order valence-electron chi connectivity index (χ3n) is 3.21. The molecule has 20 heavy (non-hydrogen) atoms. The van der Waals surface area contributed by atoms with Crippen molar-refractivity contribution in [2.24, 2.45) is 0 Å². The van der Waals surface area contributed by atoms with Crippen LogP contribution in [0.1, 0.15) is 36.1 Å². The number of hydrogen-bond donors (Lipinski definition) is 1. The molecule has 1 unspecified atom stereocenters. The van der Waals surface area contributed by atoms with Gasteiger partial charge in [0.05, 0.1) is 6.61 Å². The molecule has 2 nitrogen and oxygen atoms in total. The maximum absolute atomic E-state index is 10.6. The molecule has 0 spiro atoms. The zero-order chi connectivity index (χ0) is 14.5. The zero-order valence-electron chi connectivity index (χ0n) is 11.8.